The largest absolute Gasteiger partial charge is 0.193 e. The van der Waals surface area contributed by atoms with Gasteiger partial charge in [0.1, 0.15) is 0 Å². The second-order valence-electron chi connectivity index (χ2n) is 3.48. The number of nitrogens with zero attached hydrogens (tertiary/aromatic N) is 1. The molecule has 0 N–H and O–H groups in total. The van der Waals surface area contributed by atoms with E-state index in [1.807, 2.05) is 30.3 Å². The highest BCUT2D eigenvalue weighted by Crippen LogP contribution is 2.21. The van der Waals surface area contributed by atoms with Gasteiger partial charge in [-0.05, 0) is 22.4 Å². The molecular weight excluding hydrogens is 262 g/mol. The van der Waals surface area contributed by atoms with Gasteiger partial charge in [-0.15, -0.1) is 0 Å². The number of alkyl halides is 1. The minimum absolute atomic E-state index is 0.590. The SMILES string of the molecule is N#C/C(=C\c1cccc2ccccc12)CBr. The van der Waals surface area contributed by atoms with Crippen LogP contribution in [0.15, 0.2) is 48.0 Å². The Labute approximate surface area is 103 Å². The van der Waals surface area contributed by atoms with Crippen LogP contribution >= 0.6 is 15.9 Å². The van der Waals surface area contributed by atoms with E-state index in [1.165, 1.54) is 10.8 Å². The van der Waals surface area contributed by atoms with E-state index in [2.05, 4.69) is 40.2 Å². The van der Waals surface area contributed by atoms with Gasteiger partial charge in [-0.25, -0.2) is 0 Å². The Hall–Kier alpha value is -1.59. The molecule has 1 nitrogen and oxygen atoms in total. The van der Waals surface area contributed by atoms with Crippen LogP contribution in [-0.4, -0.2) is 5.33 Å². The number of nitriles is 1. The van der Waals surface area contributed by atoms with Crippen molar-refractivity contribution in [3.8, 4) is 6.07 Å². The Kier molecular flexibility index (Phi) is 3.38. The van der Waals surface area contributed by atoms with Crippen LogP contribution < -0.4 is 0 Å². The third kappa shape index (κ3) is 2.15. The maximum absolute atomic E-state index is 8.91. The molecule has 0 atom stereocenters. The predicted molar refractivity (Wildman–Crippen MR) is 71.3 cm³/mol. The van der Waals surface area contributed by atoms with Crippen molar-refractivity contribution in [2.45, 2.75) is 0 Å². The van der Waals surface area contributed by atoms with Crippen molar-refractivity contribution < 1.29 is 0 Å². The maximum Gasteiger partial charge on any atom is 0.0956 e. The summed E-state index contributed by atoms with van der Waals surface area (Å²) < 4.78 is 0. The van der Waals surface area contributed by atoms with Gasteiger partial charge in [0, 0.05) is 10.9 Å². The lowest BCUT2D eigenvalue weighted by Gasteiger charge is -2.02. The zero-order valence-electron chi connectivity index (χ0n) is 8.65. The fourth-order valence-corrected chi connectivity index (χ4v) is 1.95. The third-order valence-corrected chi connectivity index (χ3v) is 3.04. The Morgan fingerprint density at radius 3 is 2.69 bits per heavy atom. The van der Waals surface area contributed by atoms with E-state index in [1.54, 1.807) is 0 Å². The van der Waals surface area contributed by atoms with Crippen molar-refractivity contribution in [3.05, 3.63) is 53.6 Å². The summed E-state index contributed by atoms with van der Waals surface area (Å²) in [6.07, 6.45) is 1.93. The van der Waals surface area contributed by atoms with E-state index in [-0.39, 0.29) is 0 Å². The van der Waals surface area contributed by atoms with Gasteiger partial charge in [-0.3, -0.25) is 0 Å². The van der Waals surface area contributed by atoms with Gasteiger partial charge in [-0.2, -0.15) is 5.26 Å². The molecule has 0 bridgehead atoms. The zero-order valence-corrected chi connectivity index (χ0v) is 10.2. The average Bonchev–Trinajstić information content (AvgIpc) is 2.36. The highest BCUT2D eigenvalue weighted by atomic mass is 79.9. The minimum Gasteiger partial charge on any atom is -0.193 e. The summed E-state index contributed by atoms with van der Waals surface area (Å²) in [6, 6.07) is 16.5. The van der Waals surface area contributed by atoms with Gasteiger partial charge >= 0.3 is 0 Å². The first-order valence-electron chi connectivity index (χ1n) is 4.99. The monoisotopic (exact) mass is 271 g/mol. The van der Waals surface area contributed by atoms with Gasteiger partial charge in [0.05, 0.1) is 6.07 Å². The summed E-state index contributed by atoms with van der Waals surface area (Å²) in [4.78, 5) is 0. The minimum atomic E-state index is 0.590. The van der Waals surface area contributed by atoms with Crippen LogP contribution in [0.25, 0.3) is 16.8 Å². The van der Waals surface area contributed by atoms with E-state index in [0.717, 1.165) is 11.1 Å². The number of halogens is 1. The first-order chi connectivity index (χ1) is 7.85. The molecule has 0 aromatic heterocycles. The van der Waals surface area contributed by atoms with Crippen molar-refractivity contribution >= 4 is 32.8 Å². The second-order valence-corrected chi connectivity index (χ2v) is 4.04. The van der Waals surface area contributed by atoms with Gasteiger partial charge in [-0.1, -0.05) is 58.4 Å². The van der Waals surface area contributed by atoms with Crippen LogP contribution in [0.4, 0.5) is 0 Å². The number of fused-ring (bicyclic) bond motifs is 1. The third-order valence-electron chi connectivity index (χ3n) is 2.44. The highest BCUT2D eigenvalue weighted by Gasteiger charge is 1.99. The molecule has 0 spiro atoms. The van der Waals surface area contributed by atoms with Crippen LogP contribution in [0.1, 0.15) is 5.56 Å². The Morgan fingerprint density at radius 1 is 1.19 bits per heavy atom. The fraction of sp³-hybridized carbons (Fsp3) is 0.0714. The molecule has 0 saturated heterocycles. The van der Waals surface area contributed by atoms with Crippen LogP contribution in [-0.2, 0) is 0 Å². The first-order valence-corrected chi connectivity index (χ1v) is 6.11. The van der Waals surface area contributed by atoms with Gasteiger partial charge < -0.3 is 0 Å². The van der Waals surface area contributed by atoms with E-state index >= 15 is 0 Å². The summed E-state index contributed by atoms with van der Waals surface area (Å²) in [5, 5.41) is 11.9. The summed E-state index contributed by atoms with van der Waals surface area (Å²) in [6.45, 7) is 0. The fourth-order valence-electron chi connectivity index (χ4n) is 1.66. The predicted octanol–water partition coefficient (Wildman–Crippen LogP) is 4.14. The molecule has 78 valence electrons. The van der Waals surface area contributed by atoms with Gasteiger partial charge in [0.25, 0.3) is 0 Å². The molecule has 0 aliphatic heterocycles. The van der Waals surface area contributed by atoms with Crippen LogP contribution in [0.3, 0.4) is 0 Å². The van der Waals surface area contributed by atoms with Crippen molar-refractivity contribution in [1.29, 1.82) is 5.26 Å². The Balaban J connectivity index is 2.62. The molecule has 0 aliphatic carbocycles. The van der Waals surface area contributed by atoms with Gasteiger partial charge in [0.2, 0.25) is 0 Å². The summed E-state index contributed by atoms with van der Waals surface area (Å²) >= 11 is 3.31. The summed E-state index contributed by atoms with van der Waals surface area (Å²) in [7, 11) is 0. The van der Waals surface area contributed by atoms with Crippen LogP contribution in [0.2, 0.25) is 0 Å². The number of rotatable bonds is 2. The molecule has 0 radical (unpaired) electrons. The van der Waals surface area contributed by atoms with Crippen molar-refractivity contribution in [1.82, 2.24) is 0 Å². The number of hydrogen-bond donors (Lipinski definition) is 0. The molecule has 0 saturated carbocycles. The van der Waals surface area contributed by atoms with Gasteiger partial charge in [0.15, 0.2) is 0 Å². The second kappa shape index (κ2) is 4.96. The molecule has 0 heterocycles. The standard InChI is InChI=1S/C14H10BrN/c15-9-11(10-16)8-13-6-3-5-12-4-1-2-7-14(12)13/h1-8H,9H2/b11-8-. The summed E-state index contributed by atoms with van der Waals surface area (Å²) in [5.41, 5.74) is 1.82. The molecule has 2 heteroatoms. The highest BCUT2D eigenvalue weighted by molar-refractivity contribution is 9.09. The number of allylic oxidation sites excluding steroid dienone is 1. The lowest BCUT2D eigenvalue weighted by Crippen LogP contribution is -1.82. The average molecular weight is 272 g/mol. The molecule has 2 rings (SSSR count). The molecule has 16 heavy (non-hydrogen) atoms. The first kappa shape index (κ1) is 10.9. The molecule has 2 aromatic rings. The topological polar surface area (TPSA) is 23.8 Å². The Morgan fingerprint density at radius 2 is 1.94 bits per heavy atom. The molecular formula is C14H10BrN. The van der Waals surface area contributed by atoms with Crippen LogP contribution in [0, 0.1) is 11.3 Å². The Bertz CT molecular complexity index is 573. The van der Waals surface area contributed by atoms with E-state index in [4.69, 9.17) is 5.26 Å². The van der Waals surface area contributed by atoms with E-state index in [0.29, 0.717) is 5.33 Å². The van der Waals surface area contributed by atoms with E-state index < -0.39 is 0 Å². The molecule has 2 aromatic carbocycles. The van der Waals surface area contributed by atoms with Crippen molar-refractivity contribution in [3.63, 3.8) is 0 Å². The number of benzene rings is 2. The lowest BCUT2D eigenvalue weighted by molar-refractivity contribution is 1.47. The lowest BCUT2D eigenvalue weighted by atomic mass is 10.0. The van der Waals surface area contributed by atoms with Crippen molar-refractivity contribution in [2.24, 2.45) is 0 Å². The number of hydrogen-bond acceptors (Lipinski definition) is 1. The maximum atomic E-state index is 8.91. The summed E-state index contributed by atoms with van der Waals surface area (Å²) in [5.74, 6) is 0. The smallest absolute Gasteiger partial charge is 0.0956 e. The molecule has 0 unspecified atom stereocenters. The van der Waals surface area contributed by atoms with E-state index in [9.17, 15) is 0 Å². The van der Waals surface area contributed by atoms with Crippen LogP contribution in [0.5, 0.6) is 0 Å². The normalized spacial score (nSPS) is 11.4. The quantitative estimate of drug-likeness (QED) is 0.595. The molecule has 0 amide bonds. The van der Waals surface area contributed by atoms with Crippen molar-refractivity contribution in [2.75, 3.05) is 5.33 Å². The zero-order chi connectivity index (χ0) is 11.4. The molecule has 0 aliphatic rings. The molecule has 0 fully saturated rings.